The Hall–Kier alpha value is -3.21. The molecule has 2 aliphatic rings. The Balaban J connectivity index is 1.68. The molecule has 3 atom stereocenters. The summed E-state index contributed by atoms with van der Waals surface area (Å²) < 4.78 is 26.9. The number of carbonyl (C=O) groups excluding carboxylic acids is 4. The number of methoxy groups -OCH3 is 1. The summed E-state index contributed by atoms with van der Waals surface area (Å²) in [5.41, 5.74) is -0.237. The summed E-state index contributed by atoms with van der Waals surface area (Å²) >= 11 is 0. The third-order valence-corrected chi connectivity index (χ3v) is 5.75. The molecule has 1 aromatic rings. The Labute approximate surface area is 197 Å². The van der Waals surface area contributed by atoms with Crippen molar-refractivity contribution in [2.24, 2.45) is 5.92 Å². The molecule has 2 heterocycles. The predicted molar refractivity (Wildman–Crippen MR) is 116 cm³/mol. The van der Waals surface area contributed by atoms with Gasteiger partial charge in [0, 0.05) is 25.6 Å². The van der Waals surface area contributed by atoms with Crippen LogP contribution >= 0.6 is 0 Å². The largest absolute Gasteiger partial charge is 0.493 e. The van der Waals surface area contributed by atoms with E-state index in [1.807, 2.05) is 0 Å². The van der Waals surface area contributed by atoms with Gasteiger partial charge in [-0.1, -0.05) is 12.8 Å². The minimum Gasteiger partial charge on any atom is -0.493 e. The molecular formula is C23H30N2O9. The lowest BCUT2D eigenvalue weighted by molar-refractivity contribution is -0.170. The van der Waals surface area contributed by atoms with E-state index in [2.05, 4.69) is 10.3 Å². The van der Waals surface area contributed by atoms with E-state index in [4.69, 9.17) is 23.7 Å². The number of hydrogen-bond donors (Lipinski definition) is 1. The first-order valence-corrected chi connectivity index (χ1v) is 11.3. The maximum absolute atomic E-state index is 12.9. The highest BCUT2D eigenvalue weighted by atomic mass is 16.6. The molecule has 0 aromatic carbocycles. The molecule has 1 N–H and O–H groups in total. The van der Waals surface area contributed by atoms with Gasteiger partial charge < -0.3 is 29.0 Å². The molecule has 0 radical (unpaired) electrons. The van der Waals surface area contributed by atoms with Gasteiger partial charge in [-0.15, -0.1) is 0 Å². The molecule has 1 saturated carbocycles. The van der Waals surface area contributed by atoms with Crippen molar-refractivity contribution in [3.05, 3.63) is 18.0 Å². The van der Waals surface area contributed by atoms with Crippen molar-refractivity contribution in [2.75, 3.05) is 20.3 Å². The maximum atomic E-state index is 12.9. The first-order valence-electron chi connectivity index (χ1n) is 11.3. The third kappa shape index (κ3) is 6.43. The number of amides is 1. The molecule has 0 unspecified atom stereocenters. The topological polar surface area (TPSA) is 139 Å². The van der Waals surface area contributed by atoms with Crippen molar-refractivity contribution in [3.63, 3.8) is 0 Å². The molecule has 1 saturated heterocycles. The smallest absolute Gasteiger partial charge is 0.331 e. The second kappa shape index (κ2) is 11.8. The van der Waals surface area contributed by atoms with Gasteiger partial charge in [-0.25, -0.2) is 9.78 Å². The van der Waals surface area contributed by atoms with Gasteiger partial charge >= 0.3 is 17.9 Å². The van der Waals surface area contributed by atoms with Crippen molar-refractivity contribution in [1.29, 1.82) is 0 Å². The van der Waals surface area contributed by atoms with Crippen LogP contribution in [0.4, 0.5) is 0 Å². The number of aromatic nitrogens is 1. The van der Waals surface area contributed by atoms with Crippen LogP contribution in [0.25, 0.3) is 0 Å². The van der Waals surface area contributed by atoms with Crippen LogP contribution in [0.1, 0.15) is 56.4 Å². The van der Waals surface area contributed by atoms with Gasteiger partial charge in [0.05, 0.1) is 26.2 Å². The first kappa shape index (κ1) is 25.4. The number of nitrogens with zero attached hydrogens (tertiary/aromatic N) is 1. The van der Waals surface area contributed by atoms with Crippen LogP contribution in [-0.4, -0.2) is 67.4 Å². The Morgan fingerprint density at radius 3 is 2.59 bits per heavy atom. The Kier molecular flexibility index (Phi) is 8.80. The molecule has 186 valence electrons. The fourth-order valence-corrected chi connectivity index (χ4v) is 3.93. The zero-order valence-electron chi connectivity index (χ0n) is 19.5. The van der Waals surface area contributed by atoms with E-state index in [1.165, 1.54) is 26.3 Å². The number of pyridine rings is 1. The molecule has 11 nitrogen and oxygen atoms in total. The predicted octanol–water partition coefficient (Wildman–Crippen LogP) is 1.57. The molecule has 3 rings (SSSR count). The number of ether oxygens (including phenoxy) is 5. The number of nitrogens with one attached hydrogen (secondary N) is 1. The van der Waals surface area contributed by atoms with Crippen molar-refractivity contribution in [3.8, 4) is 11.5 Å². The Morgan fingerprint density at radius 2 is 1.91 bits per heavy atom. The zero-order chi connectivity index (χ0) is 24.7. The molecule has 0 spiro atoms. The van der Waals surface area contributed by atoms with Gasteiger partial charge in [0.25, 0.3) is 5.91 Å². The number of cyclic esters (lactones) is 1. The summed E-state index contributed by atoms with van der Waals surface area (Å²) in [5.74, 6) is -2.64. The zero-order valence-corrected chi connectivity index (χ0v) is 19.5. The third-order valence-electron chi connectivity index (χ3n) is 5.75. The SMILES string of the molecule is COc1ccnc(C(=O)N[C@H]2COCC[C@@H](OC(=O)C3CCCC3)[C@H](C)OC2=O)c1OC(C)=O. The normalized spacial score (nSPS) is 23.6. The minimum atomic E-state index is -1.16. The van der Waals surface area contributed by atoms with Crippen LogP contribution in [0.15, 0.2) is 12.3 Å². The summed E-state index contributed by atoms with van der Waals surface area (Å²) in [5, 5.41) is 2.51. The van der Waals surface area contributed by atoms with Gasteiger partial charge in [-0.2, -0.15) is 0 Å². The van der Waals surface area contributed by atoms with Gasteiger partial charge in [-0.3, -0.25) is 14.4 Å². The number of hydrogen-bond acceptors (Lipinski definition) is 10. The van der Waals surface area contributed by atoms with Crippen LogP contribution in [0, 0.1) is 5.92 Å². The van der Waals surface area contributed by atoms with E-state index < -0.39 is 36.1 Å². The molecule has 1 aromatic heterocycles. The van der Waals surface area contributed by atoms with E-state index in [1.54, 1.807) is 6.92 Å². The van der Waals surface area contributed by atoms with E-state index in [0.29, 0.717) is 6.42 Å². The van der Waals surface area contributed by atoms with Crippen molar-refractivity contribution in [1.82, 2.24) is 10.3 Å². The first-order chi connectivity index (χ1) is 16.3. The molecular weight excluding hydrogens is 448 g/mol. The number of rotatable bonds is 6. The highest BCUT2D eigenvalue weighted by Crippen LogP contribution is 2.30. The molecule has 1 amide bonds. The van der Waals surface area contributed by atoms with E-state index in [9.17, 15) is 19.2 Å². The van der Waals surface area contributed by atoms with Gasteiger partial charge in [-0.05, 0) is 19.8 Å². The van der Waals surface area contributed by atoms with E-state index in [-0.39, 0.29) is 42.3 Å². The lowest BCUT2D eigenvalue weighted by atomic mass is 10.1. The summed E-state index contributed by atoms with van der Waals surface area (Å²) in [7, 11) is 1.35. The fraction of sp³-hybridized carbons (Fsp3) is 0.609. The maximum Gasteiger partial charge on any atom is 0.331 e. The van der Waals surface area contributed by atoms with Crippen LogP contribution in [-0.2, 0) is 28.6 Å². The second-order valence-corrected chi connectivity index (χ2v) is 8.27. The quantitative estimate of drug-likeness (QED) is 0.599. The van der Waals surface area contributed by atoms with Gasteiger partial charge in [0.2, 0.25) is 5.75 Å². The van der Waals surface area contributed by atoms with Crippen molar-refractivity contribution in [2.45, 2.75) is 64.2 Å². The fourth-order valence-electron chi connectivity index (χ4n) is 3.93. The average molecular weight is 478 g/mol. The standard InChI is InChI=1S/C23H30N2O9/c1-13-17(34-22(28)15-6-4-5-7-15)9-11-31-12-16(23(29)32-13)25-21(27)19-20(33-14(2)26)18(30-3)8-10-24-19/h8,10,13,15-17H,4-7,9,11-12H2,1-3H3,(H,25,27)/t13-,16-,17+/m0/s1. The van der Waals surface area contributed by atoms with Crippen LogP contribution in [0.5, 0.6) is 11.5 Å². The average Bonchev–Trinajstić information content (AvgIpc) is 3.35. The molecule has 1 aliphatic heterocycles. The van der Waals surface area contributed by atoms with Gasteiger partial charge in [0.1, 0.15) is 12.2 Å². The van der Waals surface area contributed by atoms with Crippen molar-refractivity contribution < 1.29 is 42.9 Å². The van der Waals surface area contributed by atoms with Crippen molar-refractivity contribution >= 4 is 23.8 Å². The van der Waals surface area contributed by atoms with Crippen LogP contribution in [0.3, 0.4) is 0 Å². The van der Waals surface area contributed by atoms with E-state index in [0.717, 1.165) is 25.7 Å². The summed E-state index contributed by atoms with van der Waals surface area (Å²) in [6.45, 7) is 2.85. The molecule has 34 heavy (non-hydrogen) atoms. The van der Waals surface area contributed by atoms with Gasteiger partial charge in [0.15, 0.2) is 17.5 Å². The number of esters is 3. The summed E-state index contributed by atoms with van der Waals surface area (Å²) in [6, 6.07) is 0.276. The minimum absolute atomic E-state index is 0.120. The molecule has 11 heteroatoms. The second-order valence-electron chi connectivity index (χ2n) is 8.27. The Morgan fingerprint density at radius 1 is 1.18 bits per heavy atom. The number of carbonyl (C=O) groups is 4. The summed E-state index contributed by atoms with van der Waals surface area (Å²) in [4.78, 5) is 53.6. The monoisotopic (exact) mass is 478 g/mol. The Bertz CT molecular complexity index is 914. The van der Waals surface area contributed by atoms with Crippen LogP contribution in [0.2, 0.25) is 0 Å². The lowest BCUT2D eigenvalue weighted by Crippen LogP contribution is -2.46. The van der Waals surface area contributed by atoms with E-state index >= 15 is 0 Å². The summed E-state index contributed by atoms with van der Waals surface area (Å²) in [6.07, 6.45) is 3.89. The molecule has 0 bridgehead atoms. The molecule has 1 aliphatic carbocycles. The highest BCUT2D eigenvalue weighted by molar-refractivity contribution is 5.98. The van der Waals surface area contributed by atoms with Crippen LogP contribution < -0.4 is 14.8 Å². The highest BCUT2D eigenvalue weighted by Gasteiger charge is 2.34. The lowest BCUT2D eigenvalue weighted by Gasteiger charge is -2.25. The molecule has 2 fully saturated rings.